The first-order chi connectivity index (χ1) is 9.33. The van der Waals surface area contributed by atoms with Crippen molar-refractivity contribution in [1.29, 1.82) is 0 Å². The molecule has 0 saturated heterocycles. The van der Waals surface area contributed by atoms with Crippen molar-refractivity contribution in [2.24, 2.45) is 0 Å². The first-order valence-electron chi connectivity index (χ1n) is 7.05. The Morgan fingerprint density at radius 1 is 1.21 bits per heavy atom. The molecule has 1 aromatic carbocycles. The fraction of sp³-hybridized carbons (Fsp3) is 0.353. The second-order valence-electron chi connectivity index (χ2n) is 5.40. The molecule has 0 bridgehead atoms. The summed E-state index contributed by atoms with van der Waals surface area (Å²) in [4.78, 5) is 4.06. The number of rotatable bonds is 5. The van der Waals surface area contributed by atoms with Gasteiger partial charge in [0.05, 0.1) is 0 Å². The number of benzene rings is 1. The van der Waals surface area contributed by atoms with Crippen LogP contribution in [0.25, 0.3) is 0 Å². The highest BCUT2D eigenvalue weighted by Crippen LogP contribution is 2.40. The number of nitrogens with zero attached hydrogens (tertiary/aromatic N) is 1. The summed E-state index contributed by atoms with van der Waals surface area (Å²) in [6.45, 7) is 3.12. The van der Waals surface area contributed by atoms with Crippen LogP contribution in [0, 0.1) is 0 Å². The van der Waals surface area contributed by atoms with Gasteiger partial charge in [-0.05, 0) is 54.5 Å². The van der Waals surface area contributed by atoms with Crippen LogP contribution >= 0.6 is 0 Å². The summed E-state index contributed by atoms with van der Waals surface area (Å²) in [7, 11) is 0. The molecule has 0 aliphatic heterocycles. The van der Waals surface area contributed by atoms with Gasteiger partial charge in [-0.15, -0.1) is 0 Å². The Balaban J connectivity index is 1.61. The highest BCUT2D eigenvalue weighted by molar-refractivity contribution is 5.29. The van der Waals surface area contributed by atoms with Crippen molar-refractivity contribution < 1.29 is 0 Å². The molecule has 1 atom stereocenters. The topological polar surface area (TPSA) is 24.9 Å². The van der Waals surface area contributed by atoms with Gasteiger partial charge >= 0.3 is 0 Å². The summed E-state index contributed by atoms with van der Waals surface area (Å²) < 4.78 is 0. The van der Waals surface area contributed by atoms with Crippen LogP contribution in [-0.4, -0.2) is 4.98 Å². The molecule has 1 aromatic heterocycles. The quantitative estimate of drug-likeness (QED) is 0.875. The number of hydrogen-bond donors (Lipinski definition) is 1. The predicted octanol–water partition coefficient (Wildman–Crippen LogP) is 3.81. The van der Waals surface area contributed by atoms with Gasteiger partial charge in [0.1, 0.15) is 0 Å². The number of nitrogens with one attached hydrogen (secondary N) is 1. The second kappa shape index (κ2) is 5.54. The van der Waals surface area contributed by atoms with Gasteiger partial charge in [0.15, 0.2) is 0 Å². The standard InChI is InChI=1S/C17H20N2/c1-13(15-7-9-18-10-8-15)19-12-14-3-2-4-17(11-14)16-5-6-16/h2-4,7-11,13,16,19H,5-6,12H2,1H3/t13-/m0/s1. The normalized spacial score (nSPS) is 16.3. The van der Waals surface area contributed by atoms with E-state index in [4.69, 9.17) is 0 Å². The molecule has 1 aliphatic carbocycles. The van der Waals surface area contributed by atoms with Gasteiger partial charge in [0.25, 0.3) is 0 Å². The third-order valence-corrected chi connectivity index (χ3v) is 3.82. The zero-order valence-electron chi connectivity index (χ0n) is 11.3. The van der Waals surface area contributed by atoms with Gasteiger partial charge < -0.3 is 5.32 Å². The molecule has 2 aromatic rings. The van der Waals surface area contributed by atoms with E-state index in [1.807, 2.05) is 12.4 Å². The van der Waals surface area contributed by atoms with Crippen molar-refractivity contribution in [1.82, 2.24) is 10.3 Å². The SMILES string of the molecule is C[C@H](NCc1cccc(C2CC2)c1)c1ccncc1. The van der Waals surface area contributed by atoms with Crippen LogP contribution in [0.2, 0.25) is 0 Å². The first kappa shape index (κ1) is 12.4. The van der Waals surface area contributed by atoms with Crippen molar-refractivity contribution in [3.8, 4) is 0 Å². The van der Waals surface area contributed by atoms with E-state index in [2.05, 4.69) is 53.6 Å². The maximum atomic E-state index is 4.06. The molecule has 2 nitrogen and oxygen atoms in total. The number of hydrogen-bond acceptors (Lipinski definition) is 2. The Morgan fingerprint density at radius 3 is 2.74 bits per heavy atom. The summed E-state index contributed by atoms with van der Waals surface area (Å²) in [5.74, 6) is 0.831. The Labute approximate surface area is 114 Å². The lowest BCUT2D eigenvalue weighted by Crippen LogP contribution is -2.18. The van der Waals surface area contributed by atoms with Gasteiger partial charge in [-0.25, -0.2) is 0 Å². The smallest absolute Gasteiger partial charge is 0.0296 e. The lowest BCUT2D eigenvalue weighted by atomic mass is 10.1. The van der Waals surface area contributed by atoms with E-state index in [0.717, 1.165) is 12.5 Å². The first-order valence-corrected chi connectivity index (χ1v) is 7.05. The maximum Gasteiger partial charge on any atom is 0.0296 e. The molecule has 2 heteroatoms. The fourth-order valence-electron chi connectivity index (χ4n) is 2.41. The zero-order valence-corrected chi connectivity index (χ0v) is 11.3. The Hall–Kier alpha value is -1.67. The molecule has 1 fully saturated rings. The van der Waals surface area contributed by atoms with Crippen molar-refractivity contribution in [2.45, 2.75) is 38.3 Å². The van der Waals surface area contributed by atoms with E-state index in [-0.39, 0.29) is 0 Å². The molecule has 1 N–H and O–H groups in total. The average Bonchev–Trinajstić information content (AvgIpc) is 3.31. The number of pyridine rings is 1. The lowest BCUT2D eigenvalue weighted by Gasteiger charge is -2.14. The highest BCUT2D eigenvalue weighted by atomic mass is 14.9. The zero-order chi connectivity index (χ0) is 13.1. The largest absolute Gasteiger partial charge is 0.306 e. The second-order valence-corrected chi connectivity index (χ2v) is 5.40. The minimum Gasteiger partial charge on any atom is -0.306 e. The van der Waals surface area contributed by atoms with Gasteiger partial charge in [0.2, 0.25) is 0 Å². The molecule has 1 heterocycles. The Morgan fingerprint density at radius 2 is 2.00 bits per heavy atom. The van der Waals surface area contributed by atoms with Crippen molar-refractivity contribution in [3.63, 3.8) is 0 Å². The maximum absolute atomic E-state index is 4.06. The molecule has 0 spiro atoms. The molecule has 1 saturated carbocycles. The third-order valence-electron chi connectivity index (χ3n) is 3.82. The van der Waals surface area contributed by atoms with E-state index in [0.29, 0.717) is 6.04 Å². The van der Waals surface area contributed by atoms with Crippen molar-refractivity contribution in [2.75, 3.05) is 0 Å². The van der Waals surface area contributed by atoms with Crippen LogP contribution in [0.4, 0.5) is 0 Å². The molecular weight excluding hydrogens is 232 g/mol. The third kappa shape index (κ3) is 3.21. The van der Waals surface area contributed by atoms with E-state index in [9.17, 15) is 0 Å². The van der Waals surface area contributed by atoms with Crippen LogP contribution in [0.5, 0.6) is 0 Å². The minimum absolute atomic E-state index is 0.354. The minimum atomic E-state index is 0.354. The monoisotopic (exact) mass is 252 g/mol. The van der Waals surface area contributed by atoms with E-state index in [1.54, 1.807) is 0 Å². The molecule has 1 aliphatic rings. The molecular formula is C17H20N2. The molecule has 19 heavy (non-hydrogen) atoms. The summed E-state index contributed by atoms with van der Waals surface area (Å²) in [6.07, 6.45) is 6.43. The molecule has 98 valence electrons. The molecule has 0 radical (unpaired) electrons. The Bertz CT molecular complexity index is 532. The molecule has 0 unspecified atom stereocenters. The fourth-order valence-corrected chi connectivity index (χ4v) is 2.41. The summed E-state index contributed by atoms with van der Waals surface area (Å²) in [6, 6.07) is 13.5. The van der Waals surface area contributed by atoms with Crippen LogP contribution < -0.4 is 5.32 Å². The average molecular weight is 252 g/mol. The van der Waals surface area contributed by atoms with E-state index in [1.165, 1.54) is 29.5 Å². The summed E-state index contributed by atoms with van der Waals surface area (Å²) >= 11 is 0. The van der Waals surface area contributed by atoms with Crippen LogP contribution in [0.1, 0.15) is 48.4 Å². The van der Waals surface area contributed by atoms with Crippen molar-refractivity contribution >= 4 is 0 Å². The van der Waals surface area contributed by atoms with Gasteiger partial charge in [-0.2, -0.15) is 0 Å². The predicted molar refractivity (Wildman–Crippen MR) is 77.9 cm³/mol. The van der Waals surface area contributed by atoms with E-state index >= 15 is 0 Å². The molecule has 0 amide bonds. The Kier molecular flexibility index (Phi) is 3.60. The van der Waals surface area contributed by atoms with Gasteiger partial charge in [0, 0.05) is 25.0 Å². The van der Waals surface area contributed by atoms with Crippen LogP contribution in [0.15, 0.2) is 48.8 Å². The highest BCUT2D eigenvalue weighted by Gasteiger charge is 2.23. The summed E-state index contributed by atoms with van der Waals surface area (Å²) in [5, 5.41) is 3.57. The van der Waals surface area contributed by atoms with Gasteiger partial charge in [-0.3, -0.25) is 4.98 Å². The van der Waals surface area contributed by atoms with E-state index < -0.39 is 0 Å². The van der Waals surface area contributed by atoms with Crippen molar-refractivity contribution in [3.05, 3.63) is 65.5 Å². The summed E-state index contributed by atoms with van der Waals surface area (Å²) in [5.41, 5.74) is 4.18. The van der Waals surface area contributed by atoms with Gasteiger partial charge in [-0.1, -0.05) is 24.3 Å². The van der Waals surface area contributed by atoms with Crippen LogP contribution in [0.3, 0.4) is 0 Å². The number of aromatic nitrogens is 1. The molecule has 3 rings (SSSR count). The lowest BCUT2D eigenvalue weighted by molar-refractivity contribution is 0.574. The van der Waals surface area contributed by atoms with Crippen LogP contribution in [-0.2, 0) is 6.54 Å².